The van der Waals surface area contributed by atoms with Gasteiger partial charge in [-0.2, -0.15) is 0 Å². The molecule has 2 aromatic rings. The quantitative estimate of drug-likeness (QED) is 0.617. The summed E-state index contributed by atoms with van der Waals surface area (Å²) in [6.07, 6.45) is 3.34. The zero-order valence-corrected chi connectivity index (χ0v) is 9.32. The Balaban J connectivity index is 2.20. The van der Waals surface area contributed by atoms with Gasteiger partial charge < -0.3 is 5.73 Å². The van der Waals surface area contributed by atoms with Gasteiger partial charge in [-0.15, -0.1) is 0 Å². The second-order valence-electron chi connectivity index (χ2n) is 3.54. The summed E-state index contributed by atoms with van der Waals surface area (Å²) in [6, 6.07) is 15.1. The van der Waals surface area contributed by atoms with Gasteiger partial charge in [0.15, 0.2) is 0 Å². The van der Waals surface area contributed by atoms with Crippen LogP contribution in [-0.2, 0) is 0 Å². The standard InChI is InChI=1S/C13H14N4/c14-12(13-8-4-5-9-16-13)10-17(15)11-6-2-1-3-7-11/h1-10H,14-15H2/b12-10-. The van der Waals surface area contributed by atoms with Crippen molar-refractivity contribution in [3.05, 3.63) is 66.6 Å². The first-order chi connectivity index (χ1) is 8.27. The second kappa shape index (κ2) is 5.14. The van der Waals surface area contributed by atoms with Crippen LogP contribution in [0.25, 0.3) is 5.70 Å². The molecule has 0 atom stereocenters. The van der Waals surface area contributed by atoms with E-state index in [1.165, 1.54) is 5.01 Å². The zero-order chi connectivity index (χ0) is 12.1. The molecule has 86 valence electrons. The van der Waals surface area contributed by atoms with Crippen LogP contribution in [0.4, 0.5) is 5.69 Å². The summed E-state index contributed by atoms with van der Waals surface area (Å²) in [6.45, 7) is 0. The summed E-state index contributed by atoms with van der Waals surface area (Å²) in [5.74, 6) is 5.88. The Morgan fingerprint density at radius 1 is 1.06 bits per heavy atom. The molecule has 0 radical (unpaired) electrons. The Morgan fingerprint density at radius 2 is 1.76 bits per heavy atom. The second-order valence-corrected chi connectivity index (χ2v) is 3.54. The Morgan fingerprint density at radius 3 is 2.41 bits per heavy atom. The molecule has 0 aliphatic heterocycles. The molecule has 0 amide bonds. The predicted octanol–water partition coefficient (Wildman–Crippen LogP) is 1.72. The largest absolute Gasteiger partial charge is 0.396 e. The number of nitrogens with two attached hydrogens (primary N) is 2. The van der Waals surface area contributed by atoms with E-state index in [9.17, 15) is 0 Å². The molecule has 4 nitrogen and oxygen atoms in total. The topological polar surface area (TPSA) is 68.2 Å². The van der Waals surface area contributed by atoms with Crippen molar-refractivity contribution in [3.8, 4) is 0 Å². The van der Waals surface area contributed by atoms with E-state index in [4.69, 9.17) is 11.6 Å². The average molecular weight is 226 g/mol. The van der Waals surface area contributed by atoms with Crippen LogP contribution in [0.5, 0.6) is 0 Å². The predicted molar refractivity (Wildman–Crippen MR) is 69.5 cm³/mol. The molecular formula is C13H14N4. The third-order valence-corrected chi connectivity index (χ3v) is 2.29. The molecule has 4 heteroatoms. The third-order valence-electron chi connectivity index (χ3n) is 2.29. The van der Waals surface area contributed by atoms with Gasteiger partial charge in [0, 0.05) is 12.4 Å². The molecule has 0 unspecified atom stereocenters. The smallest absolute Gasteiger partial charge is 0.0874 e. The summed E-state index contributed by atoms with van der Waals surface area (Å²) in [4.78, 5) is 4.15. The van der Waals surface area contributed by atoms with Crippen molar-refractivity contribution in [2.75, 3.05) is 5.01 Å². The third kappa shape index (κ3) is 2.83. The highest BCUT2D eigenvalue weighted by molar-refractivity contribution is 5.63. The lowest BCUT2D eigenvalue weighted by Crippen LogP contribution is -2.25. The number of para-hydroxylation sites is 1. The number of hydrogen-bond donors (Lipinski definition) is 2. The minimum absolute atomic E-state index is 0.525. The summed E-state index contributed by atoms with van der Waals surface area (Å²) in [5.41, 5.74) is 8.01. The molecule has 1 aromatic heterocycles. The van der Waals surface area contributed by atoms with E-state index >= 15 is 0 Å². The summed E-state index contributed by atoms with van der Waals surface area (Å²) in [5, 5.41) is 1.48. The fourth-order valence-corrected chi connectivity index (χ4v) is 1.42. The van der Waals surface area contributed by atoms with E-state index in [1.54, 1.807) is 12.4 Å². The normalized spacial score (nSPS) is 11.2. The van der Waals surface area contributed by atoms with Gasteiger partial charge in [0.1, 0.15) is 0 Å². The van der Waals surface area contributed by atoms with Gasteiger partial charge >= 0.3 is 0 Å². The Bertz CT molecular complexity index is 493. The number of hydrazine groups is 1. The first kappa shape index (κ1) is 11.2. The first-order valence-corrected chi connectivity index (χ1v) is 5.25. The number of nitrogens with zero attached hydrogens (tertiary/aromatic N) is 2. The van der Waals surface area contributed by atoms with Crippen LogP contribution >= 0.6 is 0 Å². The average Bonchev–Trinajstić information content (AvgIpc) is 2.40. The zero-order valence-electron chi connectivity index (χ0n) is 9.32. The number of anilines is 1. The highest BCUT2D eigenvalue weighted by atomic mass is 15.4. The van der Waals surface area contributed by atoms with Gasteiger partial charge in [0.25, 0.3) is 0 Å². The SMILES string of the molecule is N/C(=C\N(N)c1ccccc1)c1ccccn1. The fourth-order valence-electron chi connectivity index (χ4n) is 1.42. The summed E-state index contributed by atoms with van der Waals surface area (Å²) >= 11 is 0. The summed E-state index contributed by atoms with van der Waals surface area (Å²) in [7, 11) is 0. The van der Waals surface area contributed by atoms with E-state index in [-0.39, 0.29) is 0 Å². The monoisotopic (exact) mass is 226 g/mol. The minimum Gasteiger partial charge on any atom is -0.396 e. The van der Waals surface area contributed by atoms with E-state index < -0.39 is 0 Å². The lowest BCUT2D eigenvalue weighted by Gasteiger charge is -2.14. The number of aromatic nitrogens is 1. The maximum absolute atomic E-state index is 5.91. The molecule has 0 saturated heterocycles. The van der Waals surface area contributed by atoms with E-state index in [1.807, 2.05) is 48.5 Å². The van der Waals surface area contributed by atoms with Crippen molar-refractivity contribution >= 4 is 11.4 Å². The van der Waals surface area contributed by atoms with Gasteiger partial charge in [-0.05, 0) is 24.3 Å². The molecular weight excluding hydrogens is 212 g/mol. The van der Waals surface area contributed by atoms with Gasteiger partial charge in [0.05, 0.1) is 17.1 Å². The Labute approximate surface area is 100 Å². The highest BCUT2D eigenvalue weighted by Crippen LogP contribution is 2.12. The van der Waals surface area contributed by atoms with E-state index in [0.717, 1.165) is 5.69 Å². The highest BCUT2D eigenvalue weighted by Gasteiger charge is 2.01. The lowest BCUT2D eigenvalue weighted by atomic mass is 10.3. The molecule has 1 heterocycles. The molecule has 1 aromatic carbocycles. The molecule has 0 fully saturated rings. The first-order valence-electron chi connectivity index (χ1n) is 5.25. The Hall–Kier alpha value is -2.33. The molecule has 0 aliphatic rings. The maximum Gasteiger partial charge on any atom is 0.0874 e. The van der Waals surface area contributed by atoms with E-state index in [0.29, 0.717) is 11.4 Å². The van der Waals surface area contributed by atoms with Crippen LogP contribution in [0.2, 0.25) is 0 Å². The molecule has 17 heavy (non-hydrogen) atoms. The molecule has 0 aliphatic carbocycles. The lowest BCUT2D eigenvalue weighted by molar-refractivity contribution is 1.07. The number of benzene rings is 1. The molecule has 0 bridgehead atoms. The number of rotatable bonds is 3. The van der Waals surface area contributed by atoms with E-state index in [2.05, 4.69) is 4.98 Å². The fraction of sp³-hybridized carbons (Fsp3) is 0. The van der Waals surface area contributed by atoms with Crippen LogP contribution in [-0.4, -0.2) is 4.98 Å². The van der Waals surface area contributed by atoms with Gasteiger partial charge in [-0.25, -0.2) is 5.84 Å². The van der Waals surface area contributed by atoms with Crippen molar-refractivity contribution in [2.45, 2.75) is 0 Å². The van der Waals surface area contributed by atoms with Crippen LogP contribution in [0.15, 0.2) is 60.9 Å². The minimum atomic E-state index is 0.525. The molecule has 2 rings (SSSR count). The summed E-state index contributed by atoms with van der Waals surface area (Å²) < 4.78 is 0. The van der Waals surface area contributed by atoms with Crippen LogP contribution in [0.3, 0.4) is 0 Å². The van der Waals surface area contributed by atoms with Crippen LogP contribution < -0.4 is 16.6 Å². The van der Waals surface area contributed by atoms with Crippen molar-refractivity contribution in [3.63, 3.8) is 0 Å². The molecule has 0 saturated carbocycles. The van der Waals surface area contributed by atoms with Crippen molar-refractivity contribution in [1.29, 1.82) is 0 Å². The Kier molecular flexibility index (Phi) is 3.37. The van der Waals surface area contributed by atoms with Gasteiger partial charge in [-0.3, -0.25) is 9.99 Å². The van der Waals surface area contributed by atoms with Crippen LogP contribution in [0, 0.1) is 0 Å². The molecule has 0 spiro atoms. The van der Waals surface area contributed by atoms with Crippen molar-refractivity contribution in [1.82, 2.24) is 4.98 Å². The maximum atomic E-state index is 5.91. The van der Waals surface area contributed by atoms with Crippen molar-refractivity contribution in [2.24, 2.45) is 11.6 Å². The van der Waals surface area contributed by atoms with Crippen LogP contribution in [0.1, 0.15) is 5.69 Å². The number of pyridine rings is 1. The van der Waals surface area contributed by atoms with Crippen molar-refractivity contribution < 1.29 is 0 Å². The molecule has 4 N–H and O–H groups in total. The van der Waals surface area contributed by atoms with Gasteiger partial charge in [-0.1, -0.05) is 24.3 Å². The number of hydrogen-bond acceptors (Lipinski definition) is 4. The van der Waals surface area contributed by atoms with Gasteiger partial charge in [0.2, 0.25) is 0 Å².